The Morgan fingerprint density at radius 1 is 1.03 bits per heavy atom. The molecule has 0 unspecified atom stereocenters. The molecule has 1 fully saturated rings. The molecule has 0 radical (unpaired) electrons. The zero-order chi connectivity index (χ0) is 23.0. The smallest absolute Gasteiger partial charge is 0.459 e. The second-order valence-electron chi connectivity index (χ2n) is 8.09. The van der Waals surface area contributed by atoms with Gasteiger partial charge in [0.2, 0.25) is 0 Å². The fourth-order valence-corrected chi connectivity index (χ4v) is 3.80. The number of rotatable bonds is 6. The number of esters is 1. The number of carbonyl (C=O) groups is 1. The average Bonchev–Trinajstić information content (AvgIpc) is 3.26. The largest absolute Gasteiger partial charge is 0.461 e. The molecule has 2 aromatic carbocycles. The first-order valence-corrected chi connectivity index (χ1v) is 9.87. The molecule has 0 amide bonds. The van der Waals surface area contributed by atoms with Crippen molar-refractivity contribution in [1.29, 1.82) is 0 Å². The second kappa shape index (κ2) is 8.26. The van der Waals surface area contributed by atoms with Crippen LogP contribution in [0.15, 0.2) is 65.7 Å². The molecule has 2 nitrogen and oxygen atoms in total. The monoisotopic (exact) mass is 458 g/mol. The fourth-order valence-electron chi connectivity index (χ4n) is 3.55. The van der Waals surface area contributed by atoms with E-state index < -0.39 is 40.4 Å². The van der Waals surface area contributed by atoms with Crippen LogP contribution in [0, 0.1) is 17.3 Å². The molecule has 0 heterocycles. The van der Waals surface area contributed by atoms with Crippen molar-refractivity contribution in [3.05, 3.63) is 71.3 Å². The first-order chi connectivity index (χ1) is 14.4. The summed E-state index contributed by atoms with van der Waals surface area (Å²) in [5, 5.41) is -1.64. The highest BCUT2D eigenvalue weighted by molar-refractivity contribution is 6.30. The van der Waals surface area contributed by atoms with Gasteiger partial charge < -0.3 is 4.74 Å². The molecule has 1 saturated carbocycles. The number of benzene rings is 2. The van der Waals surface area contributed by atoms with Gasteiger partial charge in [0.1, 0.15) is 6.61 Å². The number of alkyl halides is 5. The minimum atomic E-state index is -5.81. The van der Waals surface area contributed by atoms with Crippen LogP contribution in [0.2, 0.25) is 0 Å². The molecule has 166 valence electrons. The first kappa shape index (κ1) is 23.3. The number of hydrogen-bond acceptors (Lipinski definition) is 2. The summed E-state index contributed by atoms with van der Waals surface area (Å²) in [5.41, 5.74) is 1.80. The molecule has 3 rings (SSSR count). The summed E-state index contributed by atoms with van der Waals surface area (Å²) in [6.45, 7) is 3.13. The van der Waals surface area contributed by atoms with Gasteiger partial charge in [0.15, 0.2) is 0 Å². The van der Waals surface area contributed by atoms with Gasteiger partial charge in [-0.25, -0.2) is 0 Å². The van der Waals surface area contributed by atoms with Crippen molar-refractivity contribution >= 4 is 17.6 Å². The van der Waals surface area contributed by atoms with Crippen molar-refractivity contribution in [2.75, 3.05) is 0 Å². The van der Waals surface area contributed by atoms with E-state index in [1.165, 1.54) is 0 Å². The number of allylic oxidation sites excluding steroid dienone is 2. The summed E-state index contributed by atoms with van der Waals surface area (Å²) in [5.74, 6) is -7.57. The maximum atomic E-state index is 13.4. The van der Waals surface area contributed by atoms with Crippen molar-refractivity contribution < 1.29 is 31.5 Å². The van der Waals surface area contributed by atoms with Gasteiger partial charge in [-0.05, 0) is 34.1 Å². The molecule has 31 heavy (non-hydrogen) atoms. The fraction of sp³-hybridized carbons (Fsp3) is 0.348. The van der Waals surface area contributed by atoms with Crippen molar-refractivity contribution in [3.63, 3.8) is 0 Å². The van der Waals surface area contributed by atoms with Crippen LogP contribution in [0.4, 0.5) is 22.0 Å². The van der Waals surface area contributed by atoms with Gasteiger partial charge in [0, 0.05) is 0 Å². The quantitative estimate of drug-likeness (QED) is 0.344. The summed E-state index contributed by atoms with van der Waals surface area (Å²) in [6.07, 6.45) is -5.18. The van der Waals surface area contributed by atoms with Gasteiger partial charge >= 0.3 is 18.1 Å². The van der Waals surface area contributed by atoms with Crippen LogP contribution >= 0.6 is 11.6 Å². The van der Waals surface area contributed by atoms with Gasteiger partial charge in [-0.2, -0.15) is 22.0 Å². The van der Waals surface area contributed by atoms with Crippen LogP contribution in [0.3, 0.4) is 0 Å². The molecule has 0 aliphatic heterocycles. The summed E-state index contributed by atoms with van der Waals surface area (Å²) in [4.78, 5) is 12.5. The van der Waals surface area contributed by atoms with E-state index in [-0.39, 0.29) is 6.61 Å². The predicted molar refractivity (Wildman–Crippen MR) is 107 cm³/mol. The molecular weight excluding hydrogens is 439 g/mol. The second-order valence-corrected chi connectivity index (χ2v) is 8.49. The third-order valence-electron chi connectivity index (χ3n) is 5.56. The number of ether oxygens (including phenoxy) is 1. The zero-order valence-corrected chi connectivity index (χ0v) is 17.5. The van der Waals surface area contributed by atoms with E-state index in [4.69, 9.17) is 16.3 Å². The maximum Gasteiger partial charge on any atom is 0.459 e. The Bertz CT molecular complexity index is 983. The standard InChI is InChI=1S/C23H20ClF5O2/c1-21(2)17(12-18(24)22(25,26)23(27,28)29)19(21)20(30)31-13-14-7-6-10-16(11-14)15-8-4-3-5-9-15/h3-12,17,19H,13H2,1-2H3/t17-,19-/m0/s1. The Morgan fingerprint density at radius 2 is 1.65 bits per heavy atom. The topological polar surface area (TPSA) is 26.3 Å². The highest BCUT2D eigenvalue weighted by Gasteiger charge is 2.64. The van der Waals surface area contributed by atoms with E-state index in [1.807, 2.05) is 48.5 Å². The zero-order valence-electron chi connectivity index (χ0n) is 16.7. The minimum absolute atomic E-state index is 0.0467. The maximum absolute atomic E-state index is 13.4. The third kappa shape index (κ3) is 4.76. The summed E-state index contributed by atoms with van der Waals surface area (Å²) < 4.78 is 69.6. The van der Waals surface area contributed by atoms with E-state index in [9.17, 15) is 26.7 Å². The van der Waals surface area contributed by atoms with E-state index in [1.54, 1.807) is 19.9 Å². The Labute approximate surface area is 181 Å². The third-order valence-corrected chi connectivity index (χ3v) is 5.93. The van der Waals surface area contributed by atoms with E-state index in [0.29, 0.717) is 6.08 Å². The molecular formula is C23H20ClF5O2. The molecule has 0 aromatic heterocycles. The molecule has 2 aromatic rings. The van der Waals surface area contributed by atoms with Crippen LogP contribution in [0.1, 0.15) is 19.4 Å². The van der Waals surface area contributed by atoms with E-state index >= 15 is 0 Å². The normalized spacial score (nSPS) is 21.0. The summed E-state index contributed by atoms with van der Waals surface area (Å²) >= 11 is 5.28. The SMILES string of the molecule is CC1(C)[C@H](C(=O)OCc2cccc(-c3ccccc3)c2)[C@@H]1C=C(Cl)C(F)(F)C(F)(F)F. The molecule has 0 bridgehead atoms. The lowest BCUT2D eigenvalue weighted by molar-refractivity contribution is -0.261. The Morgan fingerprint density at radius 3 is 2.26 bits per heavy atom. The molecule has 2 atom stereocenters. The minimum Gasteiger partial charge on any atom is -0.461 e. The highest BCUT2D eigenvalue weighted by Crippen LogP contribution is 2.61. The summed E-state index contributed by atoms with van der Waals surface area (Å²) in [7, 11) is 0. The van der Waals surface area contributed by atoms with Crippen molar-refractivity contribution in [2.24, 2.45) is 17.3 Å². The lowest BCUT2D eigenvalue weighted by Gasteiger charge is -2.18. The van der Waals surface area contributed by atoms with Gasteiger partial charge in [-0.3, -0.25) is 4.79 Å². The Hall–Kier alpha value is -2.41. The van der Waals surface area contributed by atoms with Crippen LogP contribution in [0.5, 0.6) is 0 Å². The summed E-state index contributed by atoms with van der Waals surface area (Å²) in [6, 6.07) is 16.9. The van der Waals surface area contributed by atoms with Crippen molar-refractivity contribution in [1.82, 2.24) is 0 Å². The van der Waals surface area contributed by atoms with Crippen LogP contribution < -0.4 is 0 Å². The molecule has 8 heteroatoms. The van der Waals surface area contributed by atoms with Gasteiger partial charge in [-0.15, -0.1) is 0 Å². The highest BCUT2D eigenvalue weighted by atomic mass is 35.5. The molecule has 0 saturated heterocycles. The van der Waals surface area contributed by atoms with Crippen LogP contribution in [0.25, 0.3) is 11.1 Å². The van der Waals surface area contributed by atoms with Crippen LogP contribution in [-0.2, 0) is 16.1 Å². The van der Waals surface area contributed by atoms with Crippen molar-refractivity contribution in [3.8, 4) is 11.1 Å². The Kier molecular flexibility index (Phi) is 6.20. The molecule has 1 aliphatic rings. The Balaban J connectivity index is 1.67. The van der Waals surface area contributed by atoms with E-state index in [0.717, 1.165) is 16.7 Å². The molecule has 0 N–H and O–H groups in total. The predicted octanol–water partition coefficient (Wildman–Crippen LogP) is 6.99. The number of halogens is 6. The number of carbonyl (C=O) groups excluding carboxylic acids is 1. The van der Waals surface area contributed by atoms with E-state index in [2.05, 4.69) is 0 Å². The lowest BCUT2D eigenvalue weighted by atomic mass is 10.0. The average molecular weight is 459 g/mol. The molecule has 1 aliphatic carbocycles. The molecule has 0 spiro atoms. The lowest BCUT2D eigenvalue weighted by Crippen LogP contribution is -2.36. The van der Waals surface area contributed by atoms with Gasteiger partial charge in [0.25, 0.3) is 0 Å². The first-order valence-electron chi connectivity index (χ1n) is 9.49. The number of hydrogen-bond donors (Lipinski definition) is 0. The van der Waals surface area contributed by atoms with Gasteiger partial charge in [-0.1, -0.05) is 80.1 Å². The van der Waals surface area contributed by atoms with Gasteiger partial charge in [0.05, 0.1) is 11.0 Å². The van der Waals surface area contributed by atoms with Crippen LogP contribution in [-0.4, -0.2) is 18.1 Å². The van der Waals surface area contributed by atoms with Crippen molar-refractivity contribution in [2.45, 2.75) is 32.6 Å².